The fourth-order valence-electron chi connectivity index (χ4n) is 3.60. The summed E-state index contributed by atoms with van der Waals surface area (Å²) in [6.07, 6.45) is 0. The van der Waals surface area contributed by atoms with Crippen molar-refractivity contribution < 1.29 is 4.74 Å². The van der Waals surface area contributed by atoms with Crippen molar-refractivity contribution in [2.45, 2.75) is 19.5 Å². The predicted molar refractivity (Wildman–Crippen MR) is 113 cm³/mol. The van der Waals surface area contributed by atoms with E-state index in [0.717, 1.165) is 5.56 Å². The molecule has 1 atom stereocenters. The molecule has 2 aromatic carbocycles. The Labute approximate surface area is 172 Å². The molecule has 2 N–H and O–H groups in total. The van der Waals surface area contributed by atoms with Crippen molar-refractivity contribution in [2.75, 3.05) is 19.1 Å². The quantitative estimate of drug-likeness (QED) is 0.688. The largest absolute Gasteiger partial charge is 0.495 e. The molecule has 7 nitrogen and oxygen atoms in total. The summed E-state index contributed by atoms with van der Waals surface area (Å²) in [5.74, 6) is 0.995. The molecule has 0 bridgehead atoms. The number of benzene rings is 2. The molecule has 0 spiro atoms. The molecule has 0 aliphatic carbocycles. The van der Waals surface area contributed by atoms with Crippen molar-refractivity contribution in [3.8, 4) is 11.4 Å². The van der Waals surface area contributed by atoms with E-state index in [0.29, 0.717) is 41.1 Å². The van der Waals surface area contributed by atoms with Crippen LogP contribution in [0.1, 0.15) is 24.1 Å². The molecule has 1 aliphatic heterocycles. The van der Waals surface area contributed by atoms with Crippen molar-refractivity contribution in [3.05, 3.63) is 85.5 Å². The average Bonchev–Trinajstić information content (AvgIpc) is 2.74. The Balaban J connectivity index is 1.75. The zero-order valence-corrected chi connectivity index (χ0v) is 16.9. The number of hydrogen-bond donors (Lipinski definition) is 2. The molecule has 2 heterocycles. The highest BCUT2D eigenvalue weighted by Gasteiger charge is 2.26. The van der Waals surface area contributed by atoms with E-state index >= 15 is 0 Å². The summed E-state index contributed by atoms with van der Waals surface area (Å²) in [4.78, 5) is 29.7. The van der Waals surface area contributed by atoms with Crippen LogP contribution in [-0.2, 0) is 6.54 Å². The van der Waals surface area contributed by atoms with Crippen molar-refractivity contribution in [3.63, 3.8) is 0 Å². The summed E-state index contributed by atoms with van der Waals surface area (Å²) in [7, 11) is 1.53. The maximum absolute atomic E-state index is 12.6. The number of hydrogen-bond acceptors (Lipinski definition) is 5. The molecule has 3 aromatic rings. The highest BCUT2D eigenvalue weighted by atomic mass is 35.5. The first kappa shape index (κ1) is 19.3. The molecule has 0 radical (unpaired) electrons. The molecular weight excluding hydrogens is 392 g/mol. The van der Waals surface area contributed by atoms with Gasteiger partial charge in [0.25, 0.3) is 5.56 Å². The lowest BCUT2D eigenvalue weighted by molar-refractivity contribution is 0.207. The van der Waals surface area contributed by atoms with E-state index in [2.05, 4.69) is 34.3 Å². The van der Waals surface area contributed by atoms with Gasteiger partial charge in [0.2, 0.25) is 0 Å². The third kappa shape index (κ3) is 3.54. The first-order valence-corrected chi connectivity index (χ1v) is 9.62. The topological polar surface area (TPSA) is 79.4 Å². The second-order valence-electron chi connectivity index (χ2n) is 6.91. The van der Waals surface area contributed by atoms with Gasteiger partial charge in [-0.05, 0) is 30.7 Å². The fraction of sp³-hybridized carbons (Fsp3) is 0.238. The van der Waals surface area contributed by atoms with Gasteiger partial charge in [-0.1, -0.05) is 41.9 Å². The summed E-state index contributed by atoms with van der Waals surface area (Å²) < 4.78 is 6.62. The van der Waals surface area contributed by atoms with Gasteiger partial charge in [0, 0.05) is 12.6 Å². The number of aromatic nitrogens is 2. The van der Waals surface area contributed by atoms with Crippen LogP contribution in [0.3, 0.4) is 0 Å². The number of ether oxygens (including phenoxy) is 1. The molecule has 8 heteroatoms. The SMILES string of the molecule is COc1ccc(-n2c3c(c(=O)[nH]c2=O)CN([C@@H](C)c2ccccc2)CN3)cc1Cl. The fourth-order valence-corrected chi connectivity index (χ4v) is 3.85. The van der Waals surface area contributed by atoms with Gasteiger partial charge < -0.3 is 10.1 Å². The number of rotatable bonds is 4. The van der Waals surface area contributed by atoms with Crippen molar-refractivity contribution in [1.29, 1.82) is 0 Å². The van der Waals surface area contributed by atoms with Crippen LogP contribution in [0.15, 0.2) is 58.1 Å². The number of nitrogens with zero attached hydrogens (tertiary/aromatic N) is 2. The van der Waals surface area contributed by atoms with E-state index in [9.17, 15) is 9.59 Å². The molecule has 1 aromatic heterocycles. The Morgan fingerprint density at radius 1 is 1.14 bits per heavy atom. The minimum Gasteiger partial charge on any atom is -0.495 e. The van der Waals surface area contributed by atoms with Crippen molar-refractivity contribution in [2.24, 2.45) is 0 Å². The predicted octanol–water partition coefficient (Wildman–Crippen LogP) is 3.13. The van der Waals surface area contributed by atoms with Crippen LogP contribution in [0, 0.1) is 0 Å². The molecule has 0 fully saturated rings. The van der Waals surface area contributed by atoms with Gasteiger partial charge in [0.15, 0.2) is 0 Å². The van der Waals surface area contributed by atoms with Gasteiger partial charge in [-0.2, -0.15) is 0 Å². The van der Waals surface area contributed by atoms with Gasteiger partial charge >= 0.3 is 5.69 Å². The van der Waals surface area contributed by atoms with Gasteiger partial charge in [-0.25, -0.2) is 9.36 Å². The Hall–Kier alpha value is -3.03. The van der Waals surface area contributed by atoms with E-state index in [1.165, 1.54) is 11.7 Å². The number of methoxy groups -OCH3 is 1. The van der Waals surface area contributed by atoms with E-state index in [1.807, 2.05) is 18.2 Å². The molecule has 0 unspecified atom stereocenters. The van der Waals surface area contributed by atoms with Gasteiger partial charge in [0.1, 0.15) is 11.6 Å². The highest BCUT2D eigenvalue weighted by molar-refractivity contribution is 6.32. The number of anilines is 1. The summed E-state index contributed by atoms with van der Waals surface area (Å²) in [6, 6.07) is 15.2. The van der Waals surface area contributed by atoms with E-state index < -0.39 is 11.2 Å². The molecule has 1 aliphatic rings. The van der Waals surface area contributed by atoms with E-state index in [1.54, 1.807) is 18.2 Å². The minimum atomic E-state index is -0.521. The zero-order chi connectivity index (χ0) is 20.5. The van der Waals surface area contributed by atoms with Crippen LogP contribution in [0.4, 0.5) is 5.82 Å². The number of nitrogens with one attached hydrogen (secondary N) is 2. The third-order valence-electron chi connectivity index (χ3n) is 5.24. The number of aromatic amines is 1. The van der Waals surface area contributed by atoms with Crippen LogP contribution in [0.2, 0.25) is 5.02 Å². The molecule has 0 amide bonds. The number of fused-ring (bicyclic) bond motifs is 1. The summed E-state index contributed by atoms with van der Waals surface area (Å²) >= 11 is 6.24. The molecule has 29 heavy (non-hydrogen) atoms. The highest BCUT2D eigenvalue weighted by Crippen LogP contribution is 2.30. The Bertz CT molecular complexity index is 1160. The standard InChI is InChI=1S/C21H21ClN4O3/c1-13(14-6-4-3-5-7-14)25-11-16-19(23-12-25)26(21(28)24-20(16)27)15-8-9-18(29-2)17(22)10-15/h3-10,13,23H,11-12H2,1-2H3,(H,24,27,28)/t13-/m0/s1. The molecule has 150 valence electrons. The molecule has 0 saturated heterocycles. The first-order valence-electron chi connectivity index (χ1n) is 9.24. The van der Waals surface area contributed by atoms with Crippen LogP contribution in [0.25, 0.3) is 5.69 Å². The lowest BCUT2D eigenvalue weighted by Crippen LogP contribution is -2.43. The molecule has 4 rings (SSSR count). The normalized spacial score (nSPS) is 14.7. The summed E-state index contributed by atoms with van der Waals surface area (Å²) in [5, 5.41) is 3.64. The maximum Gasteiger partial charge on any atom is 0.334 e. The summed E-state index contributed by atoms with van der Waals surface area (Å²) in [5.41, 5.74) is 1.30. The van der Waals surface area contributed by atoms with Crippen LogP contribution in [-0.4, -0.2) is 28.2 Å². The number of H-pyrrole nitrogens is 1. The summed E-state index contributed by atoms with van der Waals surface area (Å²) in [6.45, 7) is 3.00. The lowest BCUT2D eigenvalue weighted by atomic mass is 10.1. The second-order valence-corrected chi connectivity index (χ2v) is 7.32. The Kier molecular flexibility index (Phi) is 5.17. The minimum absolute atomic E-state index is 0.104. The average molecular weight is 413 g/mol. The van der Waals surface area contributed by atoms with E-state index in [-0.39, 0.29) is 6.04 Å². The van der Waals surface area contributed by atoms with Gasteiger partial charge in [-0.3, -0.25) is 14.7 Å². The van der Waals surface area contributed by atoms with Crippen LogP contribution < -0.4 is 21.3 Å². The molecule has 0 saturated carbocycles. The van der Waals surface area contributed by atoms with Crippen LogP contribution >= 0.6 is 11.6 Å². The van der Waals surface area contributed by atoms with Gasteiger partial charge in [-0.15, -0.1) is 0 Å². The third-order valence-corrected chi connectivity index (χ3v) is 5.54. The Morgan fingerprint density at radius 2 is 1.90 bits per heavy atom. The Morgan fingerprint density at radius 3 is 2.59 bits per heavy atom. The lowest BCUT2D eigenvalue weighted by Gasteiger charge is -2.35. The van der Waals surface area contributed by atoms with Crippen molar-refractivity contribution >= 4 is 17.4 Å². The maximum atomic E-state index is 12.6. The van der Waals surface area contributed by atoms with Crippen LogP contribution in [0.5, 0.6) is 5.75 Å². The van der Waals surface area contributed by atoms with E-state index in [4.69, 9.17) is 16.3 Å². The second kappa shape index (κ2) is 7.77. The first-order chi connectivity index (χ1) is 14.0. The molecular formula is C21H21ClN4O3. The van der Waals surface area contributed by atoms with Gasteiger partial charge in [0.05, 0.1) is 30.1 Å². The monoisotopic (exact) mass is 412 g/mol. The zero-order valence-electron chi connectivity index (χ0n) is 16.1. The number of halogens is 1. The van der Waals surface area contributed by atoms with Crippen molar-refractivity contribution in [1.82, 2.24) is 14.5 Å². The smallest absolute Gasteiger partial charge is 0.334 e.